The molecule has 0 radical (unpaired) electrons. The van der Waals surface area contributed by atoms with E-state index in [-0.39, 0.29) is 11.6 Å². The van der Waals surface area contributed by atoms with Crippen molar-refractivity contribution in [3.8, 4) is 11.8 Å². The van der Waals surface area contributed by atoms with Crippen molar-refractivity contribution in [2.75, 3.05) is 5.32 Å². The average Bonchev–Trinajstić information content (AvgIpc) is 2.46. The van der Waals surface area contributed by atoms with Gasteiger partial charge in [-0.1, -0.05) is 56.1 Å². The number of hydrogen-bond acceptors (Lipinski definition) is 1. The lowest BCUT2D eigenvalue weighted by Crippen LogP contribution is -2.30. The fourth-order valence-corrected chi connectivity index (χ4v) is 2.67. The van der Waals surface area contributed by atoms with E-state index in [2.05, 4.69) is 11.8 Å². The van der Waals surface area contributed by atoms with Gasteiger partial charge < -0.3 is 5.32 Å². The number of carbonyl (C=O) groups is 1. The number of alkyl halides is 3. The molecule has 1 fully saturated rings. The molecule has 1 aliphatic rings. The minimum absolute atomic E-state index is 0.105. The number of benzene rings is 1. The first-order valence-electron chi connectivity index (χ1n) is 7.95. The third kappa shape index (κ3) is 5.63. The molecule has 23 heavy (non-hydrogen) atoms. The van der Waals surface area contributed by atoms with Gasteiger partial charge in [-0.25, -0.2) is 0 Å². The van der Waals surface area contributed by atoms with Crippen LogP contribution in [0.2, 0.25) is 0 Å². The third-order valence-electron chi connectivity index (χ3n) is 3.95. The highest BCUT2D eigenvalue weighted by Crippen LogP contribution is 2.23. The maximum absolute atomic E-state index is 12.4. The predicted octanol–water partition coefficient (Wildman–Crippen LogP) is 4.90. The molecule has 0 atom stereocenters. The van der Waals surface area contributed by atoms with Crippen molar-refractivity contribution in [3.05, 3.63) is 29.8 Å². The molecule has 1 amide bonds. The normalized spacial score (nSPS) is 16.7. The zero-order chi connectivity index (χ0) is 16.7. The van der Waals surface area contributed by atoms with Crippen LogP contribution in [0, 0.1) is 17.8 Å². The number of amides is 1. The Kier molecular flexibility index (Phi) is 6.09. The summed E-state index contributed by atoms with van der Waals surface area (Å²) in [6, 6.07) is 6.34. The van der Waals surface area contributed by atoms with Crippen LogP contribution in [0.25, 0.3) is 0 Å². The lowest BCUT2D eigenvalue weighted by Gasteiger charge is -2.14. The Morgan fingerprint density at radius 3 is 2.30 bits per heavy atom. The number of carbonyl (C=O) groups excluding carboxylic acids is 1. The monoisotopic (exact) mass is 323 g/mol. The van der Waals surface area contributed by atoms with Gasteiger partial charge in [0.25, 0.3) is 0 Å². The summed E-state index contributed by atoms with van der Waals surface area (Å²) in [6.45, 7) is 0. The summed E-state index contributed by atoms with van der Waals surface area (Å²) in [5.74, 6) is 4.44. The van der Waals surface area contributed by atoms with Gasteiger partial charge in [0, 0.05) is 11.5 Å². The Morgan fingerprint density at radius 1 is 1.04 bits per heavy atom. The highest BCUT2D eigenvalue weighted by Gasteiger charge is 2.38. The maximum Gasteiger partial charge on any atom is 0.471 e. The van der Waals surface area contributed by atoms with Gasteiger partial charge in [-0.05, 0) is 25.0 Å². The topological polar surface area (TPSA) is 29.1 Å². The van der Waals surface area contributed by atoms with Crippen molar-refractivity contribution in [2.45, 2.75) is 51.1 Å². The Morgan fingerprint density at radius 2 is 1.65 bits per heavy atom. The SMILES string of the molecule is O=C(Nc1ccccc1C#CC1CCCCCCC1)C(F)(F)F. The van der Waals surface area contributed by atoms with Gasteiger partial charge in [-0.2, -0.15) is 13.2 Å². The lowest BCUT2D eigenvalue weighted by molar-refractivity contribution is -0.167. The van der Waals surface area contributed by atoms with Crippen LogP contribution in [0.3, 0.4) is 0 Å². The van der Waals surface area contributed by atoms with Crippen molar-refractivity contribution in [1.82, 2.24) is 0 Å². The van der Waals surface area contributed by atoms with E-state index < -0.39 is 12.1 Å². The molecule has 0 spiro atoms. The van der Waals surface area contributed by atoms with E-state index in [9.17, 15) is 18.0 Å². The summed E-state index contributed by atoms with van der Waals surface area (Å²) in [5.41, 5.74) is 0.528. The molecule has 0 aliphatic heterocycles. The molecule has 2 rings (SSSR count). The summed E-state index contributed by atoms with van der Waals surface area (Å²) >= 11 is 0. The van der Waals surface area contributed by atoms with Crippen molar-refractivity contribution >= 4 is 11.6 Å². The predicted molar refractivity (Wildman–Crippen MR) is 83.8 cm³/mol. The molecule has 1 aromatic carbocycles. The quantitative estimate of drug-likeness (QED) is 0.732. The van der Waals surface area contributed by atoms with Gasteiger partial charge in [0.1, 0.15) is 0 Å². The summed E-state index contributed by atoms with van der Waals surface area (Å²) in [4.78, 5) is 11.1. The summed E-state index contributed by atoms with van der Waals surface area (Å²) in [7, 11) is 0. The number of anilines is 1. The number of nitrogens with one attached hydrogen (secondary N) is 1. The molecule has 1 N–H and O–H groups in total. The second-order valence-corrected chi connectivity index (χ2v) is 5.81. The molecular weight excluding hydrogens is 303 g/mol. The molecule has 1 aliphatic carbocycles. The van der Waals surface area contributed by atoms with E-state index in [0.29, 0.717) is 5.56 Å². The number of hydrogen-bond donors (Lipinski definition) is 1. The van der Waals surface area contributed by atoms with Crippen LogP contribution < -0.4 is 5.32 Å². The zero-order valence-electron chi connectivity index (χ0n) is 12.9. The maximum atomic E-state index is 12.4. The van der Waals surface area contributed by atoms with Crippen LogP contribution in [0.1, 0.15) is 50.5 Å². The first kappa shape index (κ1) is 17.4. The van der Waals surface area contributed by atoms with Crippen LogP contribution in [-0.2, 0) is 4.79 Å². The number of rotatable bonds is 1. The molecule has 1 saturated carbocycles. The molecule has 2 nitrogen and oxygen atoms in total. The van der Waals surface area contributed by atoms with Gasteiger partial charge in [0.05, 0.1) is 5.69 Å². The zero-order valence-corrected chi connectivity index (χ0v) is 12.9. The van der Waals surface area contributed by atoms with Crippen LogP contribution in [0.4, 0.5) is 18.9 Å². The van der Waals surface area contributed by atoms with Crippen LogP contribution >= 0.6 is 0 Å². The highest BCUT2D eigenvalue weighted by molar-refractivity contribution is 5.96. The summed E-state index contributed by atoms with van der Waals surface area (Å²) in [6.07, 6.45) is 3.16. The molecular formula is C18H20F3NO. The van der Waals surface area contributed by atoms with Crippen molar-refractivity contribution in [2.24, 2.45) is 5.92 Å². The van der Waals surface area contributed by atoms with E-state index in [0.717, 1.165) is 25.7 Å². The van der Waals surface area contributed by atoms with Crippen LogP contribution in [0.15, 0.2) is 24.3 Å². The van der Waals surface area contributed by atoms with E-state index in [1.54, 1.807) is 18.2 Å². The molecule has 5 heteroatoms. The van der Waals surface area contributed by atoms with E-state index in [1.165, 1.54) is 25.3 Å². The van der Waals surface area contributed by atoms with Gasteiger partial charge in [0.15, 0.2) is 0 Å². The Hall–Kier alpha value is -1.96. The van der Waals surface area contributed by atoms with Crippen molar-refractivity contribution < 1.29 is 18.0 Å². The second-order valence-electron chi connectivity index (χ2n) is 5.81. The lowest BCUT2D eigenvalue weighted by atomic mass is 9.91. The second kappa shape index (κ2) is 8.05. The minimum Gasteiger partial charge on any atom is -0.317 e. The van der Waals surface area contributed by atoms with Gasteiger partial charge >= 0.3 is 12.1 Å². The number of para-hydroxylation sites is 1. The smallest absolute Gasteiger partial charge is 0.317 e. The molecule has 1 aromatic rings. The van der Waals surface area contributed by atoms with Crippen molar-refractivity contribution in [3.63, 3.8) is 0 Å². The molecule has 0 aromatic heterocycles. The van der Waals surface area contributed by atoms with E-state index in [4.69, 9.17) is 0 Å². The van der Waals surface area contributed by atoms with Gasteiger partial charge in [-0.15, -0.1) is 0 Å². The van der Waals surface area contributed by atoms with Gasteiger partial charge in [0.2, 0.25) is 0 Å². The molecule has 0 unspecified atom stereocenters. The van der Waals surface area contributed by atoms with Crippen LogP contribution in [-0.4, -0.2) is 12.1 Å². The van der Waals surface area contributed by atoms with Gasteiger partial charge in [-0.3, -0.25) is 4.79 Å². The summed E-state index contributed by atoms with van der Waals surface area (Å²) in [5, 5.41) is 1.89. The molecule has 124 valence electrons. The average molecular weight is 323 g/mol. The standard InChI is InChI=1S/C18H20F3NO/c19-18(20,21)17(23)22-16-11-7-6-10-15(16)13-12-14-8-4-2-1-3-5-9-14/h6-7,10-11,14H,1-5,8-9H2,(H,22,23). The first-order valence-corrected chi connectivity index (χ1v) is 7.95. The molecule has 0 bridgehead atoms. The Balaban J connectivity index is 2.11. The highest BCUT2D eigenvalue weighted by atomic mass is 19.4. The number of halogens is 3. The third-order valence-corrected chi connectivity index (χ3v) is 3.95. The first-order chi connectivity index (χ1) is 11.0. The largest absolute Gasteiger partial charge is 0.471 e. The van der Waals surface area contributed by atoms with E-state index in [1.807, 2.05) is 5.32 Å². The Labute approximate surface area is 134 Å². The fraction of sp³-hybridized carbons (Fsp3) is 0.500. The summed E-state index contributed by atoms with van der Waals surface area (Å²) < 4.78 is 37.1. The molecule has 0 heterocycles. The Bertz CT molecular complexity index is 590. The van der Waals surface area contributed by atoms with Crippen LogP contribution in [0.5, 0.6) is 0 Å². The minimum atomic E-state index is -4.90. The molecule has 0 saturated heterocycles. The van der Waals surface area contributed by atoms with Crippen molar-refractivity contribution in [1.29, 1.82) is 0 Å². The fourth-order valence-electron chi connectivity index (χ4n) is 2.67. The van der Waals surface area contributed by atoms with E-state index >= 15 is 0 Å².